The number of carbonyl (C=O) groups is 1. The Kier molecular flexibility index (Phi) is 4.58. The van der Waals surface area contributed by atoms with E-state index in [-0.39, 0.29) is 17.3 Å². The van der Waals surface area contributed by atoms with Crippen molar-refractivity contribution in [2.45, 2.75) is 25.8 Å². The summed E-state index contributed by atoms with van der Waals surface area (Å²) in [6.45, 7) is 1.95. The summed E-state index contributed by atoms with van der Waals surface area (Å²) in [6.07, 6.45) is 1.43. The first-order valence-electron chi connectivity index (χ1n) is 5.09. The van der Waals surface area contributed by atoms with Crippen molar-refractivity contribution in [3.63, 3.8) is 0 Å². The second-order valence-corrected chi connectivity index (χ2v) is 3.98. The maximum absolute atomic E-state index is 11.6. The summed E-state index contributed by atoms with van der Waals surface area (Å²) in [5.41, 5.74) is 5.92. The number of amides is 1. The maximum Gasteiger partial charge on any atom is 0.241 e. The molecule has 0 radical (unpaired) electrons. The zero-order chi connectivity index (χ0) is 12.1. The Hall–Kier alpha value is -1.26. The number of anilines is 1. The van der Waals surface area contributed by atoms with E-state index in [4.69, 9.17) is 17.3 Å². The maximum atomic E-state index is 11.6. The third kappa shape index (κ3) is 3.40. The van der Waals surface area contributed by atoms with Gasteiger partial charge < -0.3 is 16.2 Å². The van der Waals surface area contributed by atoms with Crippen LogP contribution in [0.1, 0.15) is 19.8 Å². The molecule has 0 saturated heterocycles. The van der Waals surface area contributed by atoms with Gasteiger partial charge in [0, 0.05) is 5.02 Å². The van der Waals surface area contributed by atoms with E-state index in [1.807, 2.05) is 6.92 Å². The van der Waals surface area contributed by atoms with E-state index in [1.165, 1.54) is 12.1 Å². The van der Waals surface area contributed by atoms with Gasteiger partial charge in [-0.15, -0.1) is 0 Å². The molecule has 0 bridgehead atoms. The van der Waals surface area contributed by atoms with E-state index in [2.05, 4.69) is 5.32 Å². The summed E-state index contributed by atoms with van der Waals surface area (Å²) < 4.78 is 0. The Bertz CT molecular complexity index is 382. The molecule has 0 aliphatic carbocycles. The molecule has 0 spiro atoms. The van der Waals surface area contributed by atoms with Crippen molar-refractivity contribution in [1.82, 2.24) is 0 Å². The molecule has 1 atom stereocenters. The molecule has 1 rings (SSSR count). The molecule has 1 amide bonds. The van der Waals surface area contributed by atoms with Crippen LogP contribution >= 0.6 is 11.6 Å². The van der Waals surface area contributed by atoms with Gasteiger partial charge in [-0.1, -0.05) is 24.9 Å². The van der Waals surface area contributed by atoms with Gasteiger partial charge in [-0.2, -0.15) is 0 Å². The molecule has 16 heavy (non-hydrogen) atoms. The van der Waals surface area contributed by atoms with Crippen molar-refractivity contribution in [2.24, 2.45) is 5.73 Å². The van der Waals surface area contributed by atoms with Crippen LogP contribution in [-0.2, 0) is 4.79 Å². The summed E-state index contributed by atoms with van der Waals surface area (Å²) in [7, 11) is 0. The highest BCUT2D eigenvalue weighted by Crippen LogP contribution is 2.26. The molecule has 0 aliphatic heterocycles. The van der Waals surface area contributed by atoms with E-state index >= 15 is 0 Å². The average Bonchev–Trinajstić information content (AvgIpc) is 2.23. The predicted octanol–water partition coefficient (Wildman–Crippen LogP) is 2.11. The van der Waals surface area contributed by atoms with Crippen molar-refractivity contribution in [2.75, 3.05) is 5.32 Å². The summed E-state index contributed by atoms with van der Waals surface area (Å²) in [5.74, 6) is -0.346. The van der Waals surface area contributed by atoms with Crippen LogP contribution in [0.2, 0.25) is 5.02 Å². The Labute approximate surface area is 99.4 Å². The normalized spacial score (nSPS) is 12.2. The minimum atomic E-state index is -0.566. The summed E-state index contributed by atoms with van der Waals surface area (Å²) >= 11 is 5.75. The predicted molar refractivity (Wildman–Crippen MR) is 64.6 cm³/mol. The van der Waals surface area contributed by atoms with Gasteiger partial charge in [0.05, 0.1) is 11.7 Å². The van der Waals surface area contributed by atoms with Gasteiger partial charge in [0.2, 0.25) is 5.91 Å². The second kappa shape index (κ2) is 5.72. The van der Waals surface area contributed by atoms with E-state index in [9.17, 15) is 9.90 Å². The van der Waals surface area contributed by atoms with Gasteiger partial charge in [0.25, 0.3) is 0 Å². The van der Waals surface area contributed by atoms with Crippen LogP contribution in [0.5, 0.6) is 5.75 Å². The lowest BCUT2D eigenvalue weighted by Gasteiger charge is -2.12. The lowest BCUT2D eigenvalue weighted by molar-refractivity contribution is -0.117. The summed E-state index contributed by atoms with van der Waals surface area (Å²) in [4.78, 5) is 11.6. The first-order chi connectivity index (χ1) is 7.54. The first-order valence-corrected chi connectivity index (χ1v) is 5.47. The van der Waals surface area contributed by atoms with Gasteiger partial charge in [0.15, 0.2) is 0 Å². The van der Waals surface area contributed by atoms with Crippen LogP contribution in [0.3, 0.4) is 0 Å². The molecule has 4 nitrogen and oxygen atoms in total. The van der Waals surface area contributed by atoms with Crippen molar-refractivity contribution in [3.8, 4) is 5.75 Å². The van der Waals surface area contributed by atoms with Crippen LogP contribution in [0.25, 0.3) is 0 Å². The Balaban J connectivity index is 2.72. The van der Waals surface area contributed by atoms with Gasteiger partial charge in [0.1, 0.15) is 5.75 Å². The third-order valence-electron chi connectivity index (χ3n) is 2.15. The van der Waals surface area contributed by atoms with Crippen molar-refractivity contribution in [1.29, 1.82) is 0 Å². The van der Waals surface area contributed by atoms with Crippen LogP contribution in [-0.4, -0.2) is 17.1 Å². The highest BCUT2D eigenvalue weighted by atomic mass is 35.5. The van der Waals surface area contributed by atoms with E-state index in [1.54, 1.807) is 6.07 Å². The van der Waals surface area contributed by atoms with Crippen molar-refractivity contribution in [3.05, 3.63) is 23.2 Å². The Morgan fingerprint density at radius 1 is 1.62 bits per heavy atom. The molecular formula is C11H15ClN2O2. The summed E-state index contributed by atoms with van der Waals surface area (Å²) in [6, 6.07) is 3.87. The quantitative estimate of drug-likeness (QED) is 0.708. The number of carbonyl (C=O) groups excluding carboxylic acids is 1. The minimum absolute atomic E-state index is 0.0264. The highest BCUT2D eigenvalue weighted by molar-refractivity contribution is 6.31. The molecule has 0 saturated carbocycles. The van der Waals surface area contributed by atoms with Crippen LogP contribution in [0.4, 0.5) is 5.69 Å². The number of nitrogens with one attached hydrogen (secondary N) is 1. The molecular weight excluding hydrogens is 228 g/mol. The molecule has 1 unspecified atom stereocenters. The van der Waals surface area contributed by atoms with E-state index < -0.39 is 6.04 Å². The molecule has 1 aromatic carbocycles. The van der Waals surface area contributed by atoms with Crippen molar-refractivity contribution < 1.29 is 9.90 Å². The SMILES string of the molecule is CCCC(N)C(=O)Nc1cc(Cl)ccc1O. The van der Waals surface area contributed by atoms with Crippen LogP contribution in [0.15, 0.2) is 18.2 Å². The monoisotopic (exact) mass is 242 g/mol. The number of nitrogens with two attached hydrogens (primary N) is 1. The molecule has 0 heterocycles. The Morgan fingerprint density at radius 3 is 2.94 bits per heavy atom. The first kappa shape index (κ1) is 12.8. The molecule has 0 fully saturated rings. The molecule has 0 aliphatic rings. The number of halogens is 1. The van der Waals surface area contributed by atoms with Gasteiger partial charge in [-0.25, -0.2) is 0 Å². The van der Waals surface area contributed by atoms with Gasteiger partial charge in [-0.05, 0) is 24.6 Å². The standard InChI is InChI=1S/C11H15ClN2O2/c1-2-3-8(13)11(16)14-9-6-7(12)4-5-10(9)15/h4-6,8,15H,2-3,13H2,1H3,(H,14,16). The zero-order valence-electron chi connectivity index (χ0n) is 9.03. The molecule has 88 valence electrons. The number of hydrogen-bond donors (Lipinski definition) is 3. The smallest absolute Gasteiger partial charge is 0.241 e. The Morgan fingerprint density at radius 2 is 2.31 bits per heavy atom. The number of hydrogen-bond acceptors (Lipinski definition) is 3. The number of phenols is 1. The topological polar surface area (TPSA) is 75.4 Å². The third-order valence-corrected chi connectivity index (χ3v) is 2.39. The van der Waals surface area contributed by atoms with E-state index in [0.29, 0.717) is 11.4 Å². The average molecular weight is 243 g/mol. The molecule has 0 aromatic heterocycles. The lowest BCUT2D eigenvalue weighted by Crippen LogP contribution is -2.35. The highest BCUT2D eigenvalue weighted by Gasteiger charge is 2.14. The largest absolute Gasteiger partial charge is 0.506 e. The number of rotatable bonds is 4. The zero-order valence-corrected chi connectivity index (χ0v) is 9.79. The number of aromatic hydroxyl groups is 1. The van der Waals surface area contributed by atoms with Crippen molar-refractivity contribution >= 4 is 23.2 Å². The fraction of sp³-hybridized carbons (Fsp3) is 0.364. The number of phenolic OH excluding ortho intramolecular Hbond substituents is 1. The number of benzene rings is 1. The second-order valence-electron chi connectivity index (χ2n) is 3.55. The summed E-state index contributed by atoms with van der Waals surface area (Å²) in [5, 5.41) is 12.5. The molecule has 5 heteroatoms. The fourth-order valence-electron chi connectivity index (χ4n) is 1.28. The van der Waals surface area contributed by atoms with Gasteiger partial charge >= 0.3 is 0 Å². The van der Waals surface area contributed by atoms with Crippen LogP contribution in [0, 0.1) is 0 Å². The van der Waals surface area contributed by atoms with Gasteiger partial charge in [-0.3, -0.25) is 4.79 Å². The fourth-order valence-corrected chi connectivity index (χ4v) is 1.45. The molecule has 4 N–H and O–H groups in total. The minimum Gasteiger partial charge on any atom is -0.506 e. The molecule has 1 aromatic rings. The lowest BCUT2D eigenvalue weighted by atomic mass is 10.1. The van der Waals surface area contributed by atoms with E-state index in [0.717, 1.165) is 6.42 Å². The van der Waals surface area contributed by atoms with Crippen LogP contribution < -0.4 is 11.1 Å².